The Balaban J connectivity index is 1.75. The minimum absolute atomic E-state index is 0.156. The molecule has 0 saturated heterocycles. The Morgan fingerprint density at radius 1 is 1.05 bits per heavy atom. The maximum absolute atomic E-state index is 11.9. The SMILES string of the molecule is O=C(O)C1(c2cc3c(cc2Cl)OCC2(CC2)CO3)CCCC1. The van der Waals surface area contributed by atoms with Crippen LogP contribution < -0.4 is 9.47 Å². The Morgan fingerprint density at radius 2 is 1.64 bits per heavy atom. The van der Waals surface area contributed by atoms with Gasteiger partial charge < -0.3 is 14.6 Å². The van der Waals surface area contributed by atoms with E-state index in [0.717, 1.165) is 25.7 Å². The number of fused-ring (bicyclic) bond motifs is 1. The largest absolute Gasteiger partial charge is 0.489 e. The lowest BCUT2D eigenvalue weighted by atomic mass is 9.79. The molecule has 2 aliphatic carbocycles. The zero-order valence-electron chi connectivity index (χ0n) is 12.4. The molecule has 0 unspecified atom stereocenters. The summed E-state index contributed by atoms with van der Waals surface area (Å²) in [5.74, 6) is 0.479. The van der Waals surface area contributed by atoms with Crippen molar-refractivity contribution in [2.24, 2.45) is 5.41 Å². The van der Waals surface area contributed by atoms with Gasteiger partial charge in [-0.05, 0) is 37.3 Å². The van der Waals surface area contributed by atoms with E-state index in [0.29, 0.717) is 48.1 Å². The average molecular weight is 323 g/mol. The molecule has 5 heteroatoms. The first kappa shape index (κ1) is 14.2. The highest BCUT2D eigenvalue weighted by Crippen LogP contribution is 2.51. The van der Waals surface area contributed by atoms with E-state index < -0.39 is 11.4 Å². The van der Waals surface area contributed by atoms with Gasteiger partial charge in [-0.3, -0.25) is 4.79 Å². The van der Waals surface area contributed by atoms with E-state index in [2.05, 4.69) is 0 Å². The molecule has 22 heavy (non-hydrogen) atoms. The minimum atomic E-state index is -0.876. The van der Waals surface area contributed by atoms with Crippen LogP contribution in [0.25, 0.3) is 0 Å². The Morgan fingerprint density at radius 3 is 2.18 bits per heavy atom. The Labute approximate surface area is 134 Å². The average Bonchev–Trinajstić information content (AvgIpc) is 3.14. The summed E-state index contributed by atoms with van der Waals surface area (Å²) >= 11 is 6.42. The second-order valence-corrected chi connectivity index (χ2v) is 7.36. The molecule has 2 fully saturated rings. The van der Waals surface area contributed by atoms with Crippen LogP contribution in [-0.4, -0.2) is 24.3 Å². The smallest absolute Gasteiger partial charge is 0.314 e. The molecule has 1 heterocycles. The highest BCUT2D eigenvalue weighted by atomic mass is 35.5. The summed E-state index contributed by atoms with van der Waals surface area (Å²) in [5, 5.41) is 10.2. The molecule has 0 radical (unpaired) electrons. The monoisotopic (exact) mass is 322 g/mol. The van der Waals surface area contributed by atoms with Crippen LogP contribution >= 0.6 is 11.6 Å². The summed E-state index contributed by atoms with van der Waals surface area (Å²) in [6.07, 6.45) is 5.35. The second kappa shape index (κ2) is 4.79. The van der Waals surface area contributed by atoms with Gasteiger partial charge in [0.2, 0.25) is 0 Å². The maximum atomic E-state index is 11.9. The maximum Gasteiger partial charge on any atom is 0.314 e. The highest BCUT2D eigenvalue weighted by Gasteiger charge is 2.48. The topological polar surface area (TPSA) is 55.8 Å². The van der Waals surface area contributed by atoms with Gasteiger partial charge in [0.25, 0.3) is 0 Å². The molecule has 4 nitrogen and oxygen atoms in total. The van der Waals surface area contributed by atoms with Crippen molar-refractivity contribution in [2.45, 2.75) is 43.9 Å². The van der Waals surface area contributed by atoms with Crippen molar-refractivity contribution in [2.75, 3.05) is 13.2 Å². The molecule has 0 atom stereocenters. The van der Waals surface area contributed by atoms with Crippen molar-refractivity contribution >= 4 is 17.6 Å². The Bertz CT molecular complexity index is 630. The van der Waals surface area contributed by atoms with Gasteiger partial charge in [0, 0.05) is 16.5 Å². The van der Waals surface area contributed by atoms with Gasteiger partial charge in [0.15, 0.2) is 11.5 Å². The quantitative estimate of drug-likeness (QED) is 0.900. The van der Waals surface area contributed by atoms with Gasteiger partial charge in [-0.2, -0.15) is 0 Å². The summed E-state index contributed by atoms with van der Waals surface area (Å²) in [5.41, 5.74) is -0.0454. The minimum Gasteiger partial charge on any atom is -0.489 e. The molecular weight excluding hydrogens is 304 g/mol. The van der Waals surface area contributed by atoms with Crippen LogP contribution in [0.5, 0.6) is 11.5 Å². The molecule has 1 aromatic rings. The van der Waals surface area contributed by atoms with Crippen LogP contribution in [0.2, 0.25) is 5.02 Å². The third-order valence-electron chi connectivity index (χ3n) is 5.44. The summed E-state index contributed by atoms with van der Waals surface area (Å²) in [6, 6.07) is 3.54. The predicted octanol–water partition coefficient (Wildman–Crippen LogP) is 3.79. The molecule has 0 bridgehead atoms. The first-order valence-corrected chi connectivity index (χ1v) is 8.26. The summed E-state index contributed by atoms with van der Waals surface area (Å²) in [4.78, 5) is 11.9. The van der Waals surface area contributed by atoms with E-state index in [9.17, 15) is 9.90 Å². The van der Waals surface area contributed by atoms with Crippen molar-refractivity contribution in [3.63, 3.8) is 0 Å². The van der Waals surface area contributed by atoms with Crippen molar-refractivity contribution in [3.8, 4) is 11.5 Å². The summed E-state index contributed by atoms with van der Waals surface area (Å²) in [6.45, 7) is 1.29. The molecule has 0 amide bonds. The van der Waals surface area contributed by atoms with Crippen molar-refractivity contribution in [1.29, 1.82) is 0 Å². The number of ether oxygens (including phenoxy) is 2. The fourth-order valence-corrected chi connectivity index (χ4v) is 4.01. The fourth-order valence-electron chi connectivity index (χ4n) is 3.67. The molecule has 1 aromatic carbocycles. The number of hydrogen-bond acceptors (Lipinski definition) is 3. The molecular formula is C17H19ClO4. The predicted molar refractivity (Wildman–Crippen MR) is 81.9 cm³/mol. The second-order valence-electron chi connectivity index (χ2n) is 6.95. The lowest BCUT2D eigenvalue weighted by Gasteiger charge is -2.26. The van der Waals surface area contributed by atoms with Gasteiger partial charge >= 0.3 is 5.97 Å². The zero-order chi connectivity index (χ0) is 15.4. The summed E-state index contributed by atoms with van der Waals surface area (Å²) < 4.78 is 11.8. The Kier molecular flexibility index (Phi) is 3.09. The van der Waals surface area contributed by atoms with E-state index in [1.807, 2.05) is 0 Å². The number of rotatable bonds is 2. The number of carbonyl (C=O) groups is 1. The van der Waals surface area contributed by atoms with Crippen LogP contribution in [0.15, 0.2) is 12.1 Å². The van der Waals surface area contributed by atoms with E-state index in [-0.39, 0.29) is 5.41 Å². The molecule has 1 spiro atoms. The van der Waals surface area contributed by atoms with Gasteiger partial charge in [0.1, 0.15) is 0 Å². The molecule has 1 N–H and O–H groups in total. The van der Waals surface area contributed by atoms with E-state index in [1.54, 1.807) is 12.1 Å². The van der Waals surface area contributed by atoms with Crippen LogP contribution in [-0.2, 0) is 10.2 Å². The molecule has 1 aliphatic heterocycles. The third kappa shape index (κ3) is 2.08. The van der Waals surface area contributed by atoms with Crippen LogP contribution in [0.1, 0.15) is 44.1 Å². The van der Waals surface area contributed by atoms with Gasteiger partial charge in [0.05, 0.1) is 18.6 Å². The van der Waals surface area contributed by atoms with Crippen LogP contribution in [0.4, 0.5) is 0 Å². The fraction of sp³-hybridized carbons (Fsp3) is 0.588. The molecule has 0 aromatic heterocycles. The van der Waals surface area contributed by atoms with Gasteiger partial charge in [-0.25, -0.2) is 0 Å². The van der Waals surface area contributed by atoms with Crippen molar-refractivity contribution < 1.29 is 19.4 Å². The zero-order valence-corrected chi connectivity index (χ0v) is 13.1. The first-order valence-electron chi connectivity index (χ1n) is 7.88. The molecule has 118 valence electrons. The number of carboxylic acids is 1. The number of carboxylic acid groups (broad SMARTS) is 1. The van der Waals surface area contributed by atoms with Crippen molar-refractivity contribution in [3.05, 3.63) is 22.7 Å². The van der Waals surface area contributed by atoms with Crippen LogP contribution in [0, 0.1) is 5.41 Å². The normalized spacial score (nSPS) is 24.0. The van der Waals surface area contributed by atoms with Crippen LogP contribution in [0.3, 0.4) is 0 Å². The first-order chi connectivity index (χ1) is 10.5. The lowest BCUT2D eigenvalue weighted by Crippen LogP contribution is -2.33. The number of aliphatic carboxylic acids is 1. The third-order valence-corrected chi connectivity index (χ3v) is 5.75. The summed E-state index contributed by atoms with van der Waals surface area (Å²) in [7, 11) is 0. The van der Waals surface area contributed by atoms with Crippen molar-refractivity contribution in [1.82, 2.24) is 0 Å². The molecule has 4 rings (SSSR count). The lowest BCUT2D eigenvalue weighted by molar-refractivity contribution is -0.143. The van der Waals surface area contributed by atoms with Gasteiger partial charge in [-0.15, -0.1) is 0 Å². The van der Waals surface area contributed by atoms with E-state index in [4.69, 9.17) is 21.1 Å². The van der Waals surface area contributed by atoms with E-state index >= 15 is 0 Å². The van der Waals surface area contributed by atoms with E-state index in [1.165, 1.54) is 0 Å². The Hall–Kier alpha value is -1.42. The molecule has 3 aliphatic rings. The molecule has 2 saturated carbocycles. The highest BCUT2D eigenvalue weighted by molar-refractivity contribution is 6.32. The number of benzene rings is 1. The van der Waals surface area contributed by atoms with Gasteiger partial charge in [-0.1, -0.05) is 24.4 Å². The number of halogens is 1. The standard InChI is InChI=1S/C17H19ClO4/c18-12-8-14-13(21-9-16(5-6-16)10-22-14)7-11(12)17(15(19)20)3-1-2-4-17/h7-8H,1-6,9-10H2,(H,19,20). The number of hydrogen-bond donors (Lipinski definition) is 1.